The van der Waals surface area contributed by atoms with Crippen molar-refractivity contribution in [2.45, 2.75) is 78.2 Å². The summed E-state index contributed by atoms with van der Waals surface area (Å²) < 4.78 is 17.9. The van der Waals surface area contributed by atoms with Crippen molar-refractivity contribution in [3.63, 3.8) is 0 Å². The van der Waals surface area contributed by atoms with Gasteiger partial charge in [-0.3, -0.25) is 4.79 Å². The average Bonchev–Trinajstić information content (AvgIpc) is 3.39. The van der Waals surface area contributed by atoms with Crippen LogP contribution in [0, 0.1) is 40.4 Å². The number of hydrogen-bond acceptors (Lipinski definition) is 6. The van der Waals surface area contributed by atoms with E-state index in [9.17, 15) is 14.4 Å². The Bertz CT molecular complexity index is 1370. The van der Waals surface area contributed by atoms with Crippen LogP contribution in [0.5, 0.6) is 0 Å². The zero-order chi connectivity index (χ0) is 30.2. The fraction of sp³-hybridized carbons (Fsp3) is 0.541. The van der Waals surface area contributed by atoms with E-state index in [0.29, 0.717) is 53.7 Å². The van der Waals surface area contributed by atoms with E-state index in [1.54, 1.807) is 12.1 Å². The summed E-state index contributed by atoms with van der Waals surface area (Å²) in [6.45, 7) is 7.35. The minimum absolute atomic E-state index is 0.140. The Balaban J connectivity index is 1.21. The quantitative estimate of drug-likeness (QED) is 0.179. The maximum Gasteiger partial charge on any atom is 0.338 e. The van der Waals surface area contributed by atoms with Crippen molar-refractivity contribution in [3.8, 4) is 0 Å². The number of fused-ring (bicyclic) bond motifs is 5. The van der Waals surface area contributed by atoms with Crippen LogP contribution in [0.2, 0.25) is 0 Å². The van der Waals surface area contributed by atoms with E-state index in [1.165, 1.54) is 0 Å². The number of ether oxygens (including phenoxy) is 3. The molecule has 0 unspecified atom stereocenters. The van der Waals surface area contributed by atoms with E-state index in [2.05, 4.69) is 26.8 Å². The Morgan fingerprint density at radius 2 is 1.63 bits per heavy atom. The third-order valence-corrected chi connectivity index (χ3v) is 11.6. The summed E-state index contributed by atoms with van der Waals surface area (Å²) in [6.07, 6.45) is 8.79. The molecule has 1 heterocycles. The van der Waals surface area contributed by atoms with Crippen molar-refractivity contribution in [2.75, 3.05) is 6.61 Å². The number of allylic oxidation sites excluding steroid dienone is 2. The molecule has 8 atom stereocenters. The van der Waals surface area contributed by atoms with E-state index in [-0.39, 0.29) is 34.8 Å². The van der Waals surface area contributed by atoms with Crippen LogP contribution in [-0.2, 0) is 19.0 Å². The van der Waals surface area contributed by atoms with Crippen molar-refractivity contribution >= 4 is 17.9 Å². The van der Waals surface area contributed by atoms with Gasteiger partial charge in [-0.1, -0.05) is 57.2 Å². The van der Waals surface area contributed by atoms with Crippen LogP contribution in [0.25, 0.3) is 0 Å². The lowest BCUT2D eigenvalue weighted by Gasteiger charge is -2.59. The molecule has 0 amide bonds. The van der Waals surface area contributed by atoms with Crippen LogP contribution in [0.15, 0.2) is 72.5 Å². The topological polar surface area (TPSA) is 78.9 Å². The van der Waals surface area contributed by atoms with Crippen LogP contribution < -0.4 is 0 Å². The highest BCUT2D eigenvalue weighted by atomic mass is 16.5. The fourth-order valence-electron chi connectivity index (χ4n) is 9.34. The van der Waals surface area contributed by atoms with Crippen LogP contribution >= 0.6 is 0 Å². The SMILES string of the molecule is C[C@H](CCCOC(=O)c1ccccc1)[C@H]1CC[C@H]2[C@@H]3CC=C4OC(=O)CC[C@]4(C)[C@H]3C[C@H](OC(=O)c3ccccc3)[C@]12C. The second-order valence-corrected chi connectivity index (χ2v) is 13.7. The Labute approximate surface area is 255 Å². The first-order valence-electron chi connectivity index (χ1n) is 16.1. The van der Waals surface area contributed by atoms with Gasteiger partial charge in [0, 0.05) is 17.3 Å². The van der Waals surface area contributed by atoms with E-state index >= 15 is 0 Å². The summed E-state index contributed by atoms with van der Waals surface area (Å²) in [6, 6.07) is 18.4. The second-order valence-electron chi connectivity index (χ2n) is 13.7. The van der Waals surface area contributed by atoms with Gasteiger partial charge in [-0.15, -0.1) is 0 Å². The zero-order valence-corrected chi connectivity index (χ0v) is 25.6. The number of rotatable bonds is 8. The van der Waals surface area contributed by atoms with E-state index in [4.69, 9.17) is 14.2 Å². The first kappa shape index (κ1) is 29.7. The molecule has 6 nitrogen and oxygen atoms in total. The maximum absolute atomic E-state index is 13.5. The molecule has 43 heavy (non-hydrogen) atoms. The van der Waals surface area contributed by atoms with Crippen molar-refractivity contribution in [3.05, 3.63) is 83.6 Å². The molecule has 0 bridgehead atoms. The van der Waals surface area contributed by atoms with Crippen LogP contribution in [0.3, 0.4) is 0 Å². The summed E-state index contributed by atoms with van der Waals surface area (Å²) in [5.74, 6) is 2.09. The van der Waals surface area contributed by atoms with Gasteiger partial charge in [0.05, 0.1) is 17.7 Å². The number of esters is 3. The third-order valence-electron chi connectivity index (χ3n) is 11.6. The largest absolute Gasteiger partial charge is 0.462 e. The third kappa shape index (κ3) is 5.42. The molecule has 1 saturated heterocycles. The Kier molecular flexibility index (Phi) is 8.23. The first-order chi connectivity index (χ1) is 20.7. The highest BCUT2D eigenvalue weighted by Crippen LogP contribution is 2.67. The van der Waals surface area contributed by atoms with Gasteiger partial charge in [-0.05, 0) is 105 Å². The molecule has 0 spiro atoms. The lowest BCUT2D eigenvalue weighted by molar-refractivity contribution is -0.163. The van der Waals surface area contributed by atoms with Crippen molar-refractivity contribution in [1.82, 2.24) is 0 Å². The normalized spacial score (nSPS) is 33.6. The predicted molar refractivity (Wildman–Crippen MR) is 163 cm³/mol. The van der Waals surface area contributed by atoms with Gasteiger partial charge in [0.15, 0.2) is 0 Å². The molecule has 6 heteroatoms. The van der Waals surface area contributed by atoms with E-state index in [1.807, 2.05) is 48.5 Å². The van der Waals surface area contributed by atoms with Gasteiger partial charge in [0.2, 0.25) is 0 Å². The molecule has 2 aromatic rings. The second kappa shape index (κ2) is 11.9. The summed E-state index contributed by atoms with van der Waals surface area (Å²) in [5, 5.41) is 0. The molecule has 228 valence electrons. The lowest BCUT2D eigenvalue weighted by Crippen LogP contribution is -2.57. The average molecular weight is 585 g/mol. The van der Waals surface area contributed by atoms with Crippen molar-refractivity contribution in [2.24, 2.45) is 40.4 Å². The summed E-state index contributed by atoms with van der Waals surface area (Å²) in [7, 11) is 0. The Morgan fingerprint density at radius 1 is 0.953 bits per heavy atom. The van der Waals surface area contributed by atoms with Gasteiger partial charge >= 0.3 is 17.9 Å². The number of hydrogen-bond donors (Lipinski definition) is 0. The minimum Gasteiger partial charge on any atom is -0.462 e. The maximum atomic E-state index is 13.5. The van der Waals surface area contributed by atoms with Gasteiger partial charge in [0.25, 0.3) is 0 Å². The number of carbonyl (C=O) groups excluding carboxylic acids is 3. The molecule has 2 aromatic carbocycles. The molecule has 3 fully saturated rings. The Hall–Kier alpha value is -3.41. The molecule has 0 aromatic heterocycles. The van der Waals surface area contributed by atoms with Gasteiger partial charge in [-0.2, -0.15) is 0 Å². The molecule has 0 N–H and O–H groups in total. The standard InChI is InChI=1S/C37H44O6/c1-24(11-10-22-41-34(39)25-12-6-4-7-13-25)28-17-18-29-27-16-19-31-36(2,21-20-33(38)42-31)30(27)23-32(37(28,29)3)43-35(40)26-14-8-5-9-15-26/h4-9,12-15,19,24,27-30,32H,10-11,16-18,20-23H2,1-3H3/t24-,27+,28-,29+,30+,32+,36-,37-/m1/s1. The fourth-order valence-corrected chi connectivity index (χ4v) is 9.34. The van der Waals surface area contributed by atoms with Crippen LogP contribution in [0.1, 0.15) is 92.9 Å². The van der Waals surface area contributed by atoms with Gasteiger partial charge in [-0.25, -0.2) is 9.59 Å². The highest BCUT2D eigenvalue weighted by molar-refractivity contribution is 5.89. The van der Waals surface area contributed by atoms with Crippen LogP contribution in [-0.4, -0.2) is 30.6 Å². The monoisotopic (exact) mass is 584 g/mol. The number of carbonyl (C=O) groups is 3. The van der Waals surface area contributed by atoms with Gasteiger partial charge in [0.1, 0.15) is 11.9 Å². The molecule has 2 saturated carbocycles. The van der Waals surface area contributed by atoms with E-state index < -0.39 is 0 Å². The van der Waals surface area contributed by atoms with Crippen molar-refractivity contribution in [1.29, 1.82) is 0 Å². The summed E-state index contributed by atoms with van der Waals surface area (Å²) in [4.78, 5) is 38.1. The van der Waals surface area contributed by atoms with Crippen molar-refractivity contribution < 1.29 is 28.6 Å². The van der Waals surface area contributed by atoms with Crippen LogP contribution in [0.4, 0.5) is 0 Å². The predicted octanol–water partition coefficient (Wildman–Crippen LogP) is 7.78. The first-order valence-corrected chi connectivity index (χ1v) is 16.1. The molecule has 6 rings (SSSR count). The lowest BCUT2D eigenvalue weighted by atomic mass is 9.48. The molecular formula is C37H44O6. The summed E-state index contributed by atoms with van der Waals surface area (Å²) in [5.41, 5.74) is 0.767. The Morgan fingerprint density at radius 3 is 2.33 bits per heavy atom. The van der Waals surface area contributed by atoms with Gasteiger partial charge < -0.3 is 14.2 Å². The molecule has 4 aliphatic rings. The summed E-state index contributed by atoms with van der Waals surface area (Å²) >= 11 is 0. The highest BCUT2D eigenvalue weighted by Gasteiger charge is 2.64. The minimum atomic E-state index is -0.279. The molecule has 1 aliphatic heterocycles. The van der Waals surface area contributed by atoms with E-state index in [0.717, 1.165) is 50.7 Å². The zero-order valence-electron chi connectivity index (χ0n) is 25.6. The number of benzene rings is 2. The molecule has 0 radical (unpaired) electrons. The molecular weight excluding hydrogens is 540 g/mol. The molecule has 3 aliphatic carbocycles. The smallest absolute Gasteiger partial charge is 0.338 e.